The van der Waals surface area contributed by atoms with Crippen molar-refractivity contribution >= 4 is 16.9 Å². The Kier molecular flexibility index (Phi) is 8.89. The van der Waals surface area contributed by atoms with Gasteiger partial charge in [-0.25, -0.2) is 4.79 Å². The molecule has 6 heteroatoms. The summed E-state index contributed by atoms with van der Waals surface area (Å²) < 4.78 is 24.7. The average Bonchev–Trinajstić information content (AvgIpc) is 3.27. The van der Waals surface area contributed by atoms with Crippen LogP contribution in [0, 0.1) is 6.92 Å². The lowest BCUT2D eigenvalue weighted by atomic mass is 10.1. The van der Waals surface area contributed by atoms with Gasteiger partial charge in [-0.3, -0.25) is 0 Å². The van der Waals surface area contributed by atoms with Gasteiger partial charge in [0, 0.05) is 17.4 Å². The largest absolute Gasteiger partial charge is 0.494 e. The highest BCUT2D eigenvalue weighted by Gasteiger charge is 2.17. The van der Waals surface area contributed by atoms with Crippen molar-refractivity contribution in [1.82, 2.24) is 4.57 Å². The third-order valence-corrected chi connectivity index (χ3v) is 6.90. The van der Waals surface area contributed by atoms with Crippen molar-refractivity contribution in [3.05, 3.63) is 114 Å². The molecule has 6 nitrogen and oxygen atoms in total. The van der Waals surface area contributed by atoms with Gasteiger partial charge in [-0.15, -0.1) is 0 Å². The molecule has 0 fully saturated rings. The van der Waals surface area contributed by atoms with Crippen LogP contribution in [0.2, 0.25) is 0 Å². The molecule has 4 aromatic carbocycles. The monoisotopic (exact) mass is 549 g/mol. The SMILES string of the molecule is CCOC(=O)COc1ccc(Cn2c(-c3ccc(OCC)cc3)c(C)c3cc(OCc4ccccc4)ccc32)cc1. The Morgan fingerprint density at radius 2 is 1.39 bits per heavy atom. The van der Waals surface area contributed by atoms with Crippen LogP contribution in [0.3, 0.4) is 0 Å². The van der Waals surface area contributed by atoms with E-state index in [-0.39, 0.29) is 12.6 Å². The summed E-state index contributed by atoms with van der Waals surface area (Å²) in [7, 11) is 0. The molecule has 5 aromatic rings. The van der Waals surface area contributed by atoms with Crippen LogP contribution in [0.4, 0.5) is 0 Å². The van der Waals surface area contributed by atoms with Gasteiger partial charge in [0.2, 0.25) is 0 Å². The Balaban J connectivity index is 1.46. The van der Waals surface area contributed by atoms with Crippen molar-refractivity contribution in [3.8, 4) is 28.5 Å². The van der Waals surface area contributed by atoms with E-state index < -0.39 is 0 Å². The Morgan fingerprint density at radius 3 is 2.10 bits per heavy atom. The first-order valence-electron chi connectivity index (χ1n) is 14.0. The maximum Gasteiger partial charge on any atom is 0.344 e. The molecule has 5 rings (SSSR count). The number of carbonyl (C=O) groups excluding carboxylic acids is 1. The van der Waals surface area contributed by atoms with Gasteiger partial charge in [-0.2, -0.15) is 0 Å². The van der Waals surface area contributed by atoms with Crippen LogP contribution in [-0.2, 0) is 22.7 Å². The van der Waals surface area contributed by atoms with Crippen LogP contribution in [0.15, 0.2) is 97.1 Å². The van der Waals surface area contributed by atoms with Crippen molar-refractivity contribution in [3.63, 3.8) is 0 Å². The van der Waals surface area contributed by atoms with Gasteiger partial charge in [0.05, 0.1) is 18.9 Å². The van der Waals surface area contributed by atoms with E-state index in [1.54, 1.807) is 6.92 Å². The number of aromatic nitrogens is 1. The standard InChI is InChI=1S/C35H35NO5/c1-4-38-29-17-13-28(14-18-29)35-25(3)32-21-31(40-23-27-9-7-6-8-10-27)19-20-33(32)36(35)22-26-11-15-30(16-12-26)41-24-34(37)39-5-2/h6-21H,4-5,22-24H2,1-3H3. The molecule has 210 valence electrons. The van der Waals surface area contributed by atoms with Gasteiger partial charge >= 0.3 is 5.97 Å². The minimum Gasteiger partial charge on any atom is -0.494 e. The first-order valence-corrected chi connectivity index (χ1v) is 14.0. The zero-order valence-electron chi connectivity index (χ0n) is 23.8. The van der Waals surface area contributed by atoms with E-state index in [1.807, 2.05) is 67.6 Å². The van der Waals surface area contributed by atoms with Crippen LogP contribution >= 0.6 is 0 Å². The third-order valence-electron chi connectivity index (χ3n) is 6.90. The highest BCUT2D eigenvalue weighted by molar-refractivity contribution is 5.92. The Hall–Kier alpha value is -4.71. The Labute approximate surface area is 241 Å². The first-order chi connectivity index (χ1) is 20.1. The molecule has 0 saturated carbocycles. The summed E-state index contributed by atoms with van der Waals surface area (Å²) in [5, 5.41) is 1.15. The number of benzene rings is 4. The van der Waals surface area contributed by atoms with Gasteiger partial charge in [-0.05, 0) is 97.6 Å². The second-order valence-corrected chi connectivity index (χ2v) is 9.71. The highest BCUT2D eigenvalue weighted by atomic mass is 16.6. The average molecular weight is 550 g/mol. The zero-order chi connectivity index (χ0) is 28.6. The van der Waals surface area contributed by atoms with Gasteiger partial charge in [0.25, 0.3) is 0 Å². The lowest BCUT2D eigenvalue weighted by Crippen LogP contribution is -2.14. The van der Waals surface area contributed by atoms with E-state index in [0.29, 0.717) is 32.1 Å². The summed E-state index contributed by atoms with van der Waals surface area (Å²) >= 11 is 0. The molecule has 0 spiro atoms. The topological polar surface area (TPSA) is 58.9 Å². The number of fused-ring (bicyclic) bond motifs is 1. The van der Waals surface area contributed by atoms with E-state index in [0.717, 1.165) is 44.8 Å². The molecule has 0 aliphatic carbocycles. The Morgan fingerprint density at radius 1 is 0.707 bits per heavy atom. The fourth-order valence-electron chi connectivity index (χ4n) is 4.96. The summed E-state index contributed by atoms with van der Waals surface area (Å²) in [6.07, 6.45) is 0. The number of rotatable bonds is 12. The lowest BCUT2D eigenvalue weighted by Gasteiger charge is -2.14. The molecule has 0 amide bonds. The second kappa shape index (κ2) is 13.1. The highest BCUT2D eigenvalue weighted by Crippen LogP contribution is 2.36. The van der Waals surface area contributed by atoms with Crippen LogP contribution in [0.25, 0.3) is 22.2 Å². The maximum atomic E-state index is 11.7. The van der Waals surface area contributed by atoms with E-state index in [1.165, 1.54) is 5.56 Å². The van der Waals surface area contributed by atoms with Crippen LogP contribution in [0.1, 0.15) is 30.5 Å². The smallest absolute Gasteiger partial charge is 0.344 e. The summed E-state index contributed by atoms with van der Waals surface area (Å²) in [5.41, 5.74) is 6.81. The molecule has 0 aliphatic heterocycles. The number of ether oxygens (including phenoxy) is 4. The molecule has 0 bridgehead atoms. The maximum absolute atomic E-state index is 11.7. The van der Waals surface area contributed by atoms with Gasteiger partial charge in [0.1, 0.15) is 23.9 Å². The quantitative estimate of drug-likeness (QED) is 0.150. The Bertz CT molecular complexity index is 1590. The van der Waals surface area contributed by atoms with Crippen LogP contribution in [-0.4, -0.2) is 30.4 Å². The molecule has 0 atom stereocenters. The predicted molar refractivity (Wildman–Crippen MR) is 162 cm³/mol. The molecule has 0 N–H and O–H groups in total. The first kappa shape index (κ1) is 27.8. The number of aryl methyl sites for hydroxylation is 1. The van der Waals surface area contributed by atoms with Crippen molar-refractivity contribution in [2.45, 2.75) is 33.9 Å². The number of hydrogen-bond donors (Lipinski definition) is 0. The molecular formula is C35H35NO5. The normalized spacial score (nSPS) is 10.9. The minimum atomic E-state index is -0.377. The molecule has 41 heavy (non-hydrogen) atoms. The number of esters is 1. The minimum absolute atomic E-state index is 0.106. The van der Waals surface area contributed by atoms with E-state index in [9.17, 15) is 4.79 Å². The zero-order valence-corrected chi connectivity index (χ0v) is 23.8. The number of carbonyl (C=O) groups is 1. The summed E-state index contributed by atoms with van der Waals surface area (Å²) in [4.78, 5) is 11.7. The predicted octanol–water partition coefficient (Wildman–Crippen LogP) is 7.58. The molecule has 0 radical (unpaired) electrons. The molecule has 0 saturated heterocycles. The number of nitrogens with zero attached hydrogens (tertiary/aromatic N) is 1. The van der Waals surface area contributed by atoms with E-state index in [4.69, 9.17) is 18.9 Å². The molecule has 1 heterocycles. The van der Waals surface area contributed by atoms with Crippen molar-refractivity contribution in [2.24, 2.45) is 0 Å². The summed E-state index contributed by atoms with van der Waals surface area (Å²) in [6.45, 7) is 7.97. The lowest BCUT2D eigenvalue weighted by molar-refractivity contribution is -0.145. The van der Waals surface area contributed by atoms with E-state index >= 15 is 0 Å². The van der Waals surface area contributed by atoms with Crippen molar-refractivity contribution < 1.29 is 23.7 Å². The van der Waals surface area contributed by atoms with Gasteiger partial charge < -0.3 is 23.5 Å². The molecule has 1 aromatic heterocycles. The fourth-order valence-corrected chi connectivity index (χ4v) is 4.96. The number of hydrogen-bond acceptors (Lipinski definition) is 5. The van der Waals surface area contributed by atoms with Crippen LogP contribution in [0.5, 0.6) is 17.2 Å². The summed E-state index contributed by atoms with van der Waals surface area (Å²) in [5.74, 6) is 1.94. The second-order valence-electron chi connectivity index (χ2n) is 9.71. The fraction of sp³-hybridized carbons (Fsp3) is 0.229. The van der Waals surface area contributed by atoms with Crippen LogP contribution < -0.4 is 14.2 Å². The molecular weight excluding hydrogens is 514 g/mol. The summed E-state index contributed by atoms with van der Waals surface area (Å²) in [6, 6.07) is 32.6. The molecule has 0 aliphatic rings. The van der Waals surface area contributed by atoms with Crippen molar-refractivity contribution in [1.29, 1.82) is 0 Å². The molecule has 0 unspecified atom stereocenters. The van der Waals surface area contributed by atoms with Gasteiger partial charge in [0.15, 0.2) is 6.61 Å². The third kappa shape index (κ3) is 6.72. The van der Waals surface area contributed by atoms with Gasteiger partial charge in [-0.1, -0.05) is 42.5 Å². The van der Waals surface area contributed by atoms with Crippen molar-refractivity contribution in [2.75, 3.05) is 19.8 Å². The van der Waals surface area contributed by atoms with E-state index in [2.05, 4.69) is 47.9 Å².